The summed E-state index contributed by atoms with van der Waals surface area (Å²) in [6.07, 6.45) is -3.18. The molecule has 1 unspecified atom stereocenters. The molecule has 4 nitrogen and oxygen atoms in total. The molecule has 1 aliphatic carbocycles. The van der Waals surface area contributed by atoms with Crippen LogP contribution in [0.4, 0.5) is 13.2 Å². The molecule has 0 spiro atoms. The zero-order valence-corrected chi connectivity index (χ0v) is 12.4. The van der Waals surface area contributed by atoms with E-state index in [0.29, 0.717) is 6.07 Å². The zero-order chi connectivity index (χ0) is 15.8. The summed E-state index contributed by atoms with van der Waals surface area (Å²) in [5, 5.41) is -0.182. The first-order valence-electron chi connectivity index (χ1n) is 6.24. The Morgan fingerprint density at radius 2 is 2.00 bits per heavy atom. The minimum atomic E-state index is -4.81. The molecule has 9 heteroatoms. The van der Waals surface area contributed by atoms with Crippen molar-refractivity contribution >= 4 is 21.6 Å². The SMILES string of the molecule is NCC(NS(=O)(=O)c1ccc(Cl)cc1C(F)(F)F)C1CC1. The molecule has 1 atom stereocenters. The third-order valence-corrected chi connectivity index (χ3v) is 5.07. The Kier molecular flexibility index (Phi) is 4.53. The van der Waals surface area contributed by atoms with Crippen molar-refractivity contribution in [3.63, 3.8) is 0 Å². The first-order valence-corrected chi connectivity index (χ1v) is 8.10. The van der Waals surface area contributed by atoms with Crippen molar-refractivity contribution in [2.75, 3.05) is 6.54 Å². The van der Waals surface area contributed by atoms with Crippen molar-refractivity contribution < 1.29 is 21.6 Å². The number of halogens is 4. The predicted octanol–water partition coefficient (Wildman–Crippen LogP) is 2.37. The normalized spacial score (nSPS) is 17.8. The topological polar surface area (TPSA) is 72.2 Å². The average Bonchev–Trinajstić information content (AvgIpc) is 3.18. The van der Waals surface area contributed by atoms with Crippen LogP contribution in [-0.4, -0.2) is 21.0 Å². The first-order chi connectivity index (χ1) is 9.65. The molecule has 0 amide bonds. The van der Waals surface area contributed by atoms with Gasteiger partial charge in [0, 0.05) is 17.6 Å². The number of nitrogens with two attached hydrogens (primary N) is 1. The van der Waals surface area contributed by atoms with Gasteiger partial charge in [-0.3, -0.25) is 0 Å². The van der Waals surface area contributed by atoms with Gasteiger partial charge in [-0.25, -0.2) is 13.1 Å². The second kappa shape index (κ2) is 5.75. The number of benzene rings is 1. The van der Waals surface area contributed by atoms with Crippen LogP contribution in [0.3, 0.4) is 0 Å². The third kappa shape index (κ3) is 3.88. The van der Waals surface area contributed by atoms with Crippen molar-refractivity contribution in [3.05, 3.63) is 28.8 Å². The quantitative estimate of drug-likeness (QED) is 0.863. The van der Waals surface area contributed by atoms with E-state index in [9.17, 15) is 21.6 Å². The number of alkyl halides is 3. The second-order valence-corrected chi connectivity index (χ2v) is 7.06. The predicted molar refractivity (Wildman–Crippen MR) is 72.3 cm³/mol. The van der Waals surface area contributed by atoms with Gasteiger partial charge in [0.15, 0.2) is 0 Å². The van der Waals surface area contributed by atoms with Crippen LogP contribution in [0.2, 0.25) is 5.02 Å². The van der Waals surface area contributed by atoms with Gasteiger partial charge >= 0.3 is 6.18 Å². The molecule has 118 valence electrons. The fraction of sp³-hybridized carbons (Fsp3) is 0.500. The number of rotatable bonds is 5. The van der Waals surface area contributed by atoms with Crippen LogP contribution in [0.1, 0.15) is 18.4 Å². The lowest BCUT2D eigenvalue weighted by atomic mass is 10.2. The van der Waals surface area contributed by atoms with Crippen LogP contribution in [0.5, 0.6) is 0 Å². The summed E-state index contributed by atoms with van der Waals surface area (Å²) in [5.74, 6) is 0.0893. The summed E-state index contributed by atoms with van der Waals surface area (Å²) in [7, 11) is -4.32. The van der Waals surface area contributed by atoms with Crippen molar-refractivity contribution in [1.29, 1.82) is 0 Å². The first kappa shape index (κ1) is 16.5. The van der Waals surface area contributed by atoms with E-state index < -0.39 is 32.7 Å². The van der Waals surface area contributed by atoms with Crippen LogP contribution >= 0.6 is 11.6 Å². The Morgan fingerprint density at radius 1 is 1.38 bits per heavy atom. The summed E-state index contributed by atoms with van der Waals surface area (Å²) < 4.78 is 65.6. The summed E-state index contributed by atoms with van der Waals surface area (Å²) in [6.45, 7) is 0.0405. The largest absolute Gasteiger partial charge is 0.417 e. The van der Waals surface area contributed by atoms with E-state index in [4.69, 9.17) is 17.3 Å². The molecule has 0 heterocycles. The van der Waals surface area contributed by atoms with Gasteiger partial charge < -0.3 is 5.73 Å². The lowest BCUT2D eigenvalue weighted by Gasteiger charge is -2.19. The lowest BCUT2D eigenvalue weighted by Crippen LogP contribution is -2.42. The van der Waals surface area contributed by atoms with Crippen LogP contribution < -0.4 is 10.5 Å². The number of nitrogens with one attached hydrogen (secondary N) is 1. The van der Waals surface area contributed by atoms with Crippen LogP contribution in [0.15, 0.2) is 23.1 Å². The Balaban J connectivity index is 2.39. The molecule has 0 bridgehead atoms. The molecule has 1 fully saturated rings. The molecule has 3 N–H and O–H groups in total. The van der Waals surface area contributed by atoms with Crippen molar-refractivity contribution in [1.82, 2.24) is 4.72 Å². The molecule has 0 radical (unpaired) electrons. The monoisotopic (exact) mass is 342 g/mol. The molecule has 0 saturated heterocycles. The molecular formula is C12H14ClF3N2O2S. The maximum absolute atomic E-state index is 13.0. The van der Waals surface area contributed by atoms with Crippen molar-refractivity contribution in [2.45, 2.75) is 30.0 Å². The molecule has 1 saturated carbocycles. The van der Waals surface area contributed by atoms with E-state index in [1.807, 2.05) is 0 Å². The highest BCUT2D eigenvalue weighted by atomic mass is 35.5. The molecule has 1 aromatic carbocycles. The highest BCUT2D eigenvalue weighted by molar-refractivity contribution is 7.89. The summed E-state index contributed by atoms with van der Waals surface area (Å²) in [5.41, 5.74) is 4.19. The van der Waals surface area contributed by atoms with Gasteiger partial charge in [-0.15, -0.1) is 0 Å². The van der Waals surface area contributed by atoms with Crippen LogP contribution in [-0.2, 0) is 16.2 Å². The highest BCUT2D eigenvalue weighted by Crippen LogP contribution is 2.37. The van der Waals surface area contributed by atoms with E-state index in [-0.39, 0.29) is 17.5 Å². The molecule has 1 aromatic rings. The second-order valence-electron chi connectivity index (χ2n) is 4.94. The molecular weight excluding hydrogens is 329 g/mol. The maximum Gasteiger partial charge on any atom is 0.417 e. The minimum absolute atomic E-state index is 0.0405. The fourth-order valence-electron chi connectivity index (χ4n) is 2.06. The Hall–Kier alpha value is -0.830. The van der Waals surface area contributed by atoms with Crippen LogP contribution in [0.25, 0.3) is 0 Å². The van der Waals surface area contributed by atoms with E-state index >= 15 is 0 Å². The van der Waals surface area contributed by atoms with E-state index in [1.54, 1.807) is 0 Å². The van der Waals surface area contributed by atoms with Gasteiger partial charge in [0.25, 0.3) is 0 Å². The molecule has 21 heavy (non-hydrogen) atoms. The van der Waals surface area contributed by atoms with Crippen LogP contribution in [0, 0.1) is 5.92 Å². The summed E-state index contributed by atoms with van der Waals surface area (Å²) in [4.78, 5) is -0.835. The standard InChI is InChI=1S/C12H14ClF3N2O2S/c13-8-3-4-11(9(5-8)12(14,15)16)21(19,20)18-10(6-17)7-1-2-7/h3-5,7,10,18H,1-2,6,17H2. The highest BCUT2D eigenvalue weighted by Gasteiger charge is 2.39. The number of hydrogen-bond donors (Lipinski definition) is 2. The van der Waals surface area contributed by atoms with Gasteiger partial charge in [0.1, 0.15) is 0 Å². The van der Waals surface area contributed by atoms with Gasteiger partial charge in [0.2, 0.25) is 10.0 Å². The van der Waals surface area contributed by atoms with Gasteiger partial charge in [0.05, 0.1) is 10.5 Å². The number of hydrogen-bond acceptors (Lipinski definition) is 3. The summed E-state index contributed by atoms with van der Waals surface area (Å²) >= 11 is 5.53. The Labute approximate surface area is 125 Å². The van der Waals surface area contributed by atoms with Crippen molar-refractivity contribution in [2.24, 2.45) is 11.7 Å². The molecule has 2 rings (SSSR count). The number of sulfonamides is 1. The van der Waals surface area contributed by atoms with Gasteiger partial charge in [-0.05, 0) is 37.0 Å². The average molecular weight is 343 g/mol. The van der Waals surface area contributed by atoms with Crippen molar-refractivity contribution in [3.8, 4) is 0 Å². The molecule has 1 aliphatic rings. The van der Waals surface area contributed by atoms with E-state index in [2.05, 4.69) is 4.72 Å². The molecule has 0 aliphatic heterocycles. The maximum atomic E-state index is 13.0. The lowest BCUT2D eigenvalue weighted by molar-refractivity contribution is -0.139. The molecule has 0 aromatic heterocycles. The Morgan fingerprint density at radius 3 is 2.48 bits per heavy atom. The Bertz CT molecular complexity index is 630. The zero-order valence-electron chi connectivity index (χ0n) is 10.8. The van der Waals surface area contributed by atoms with Gasteiger partial charge in [-0.2, -0.15) is 13.2 Å². The van der Waals surface area contributed by atoms with E-state index in [0.717, 1.165) is 25.0 Å². The third-order valence-electron chi connectivity index (χ3n) is 3.29. The fourth-order valence-corrected chi connectivity index (χ4v) is 3.75. The van der Waals surface area contributed by atoms with E-state index in [1.165, 1.54) is 0 Å². The minimum Gasteiger partial charge on any atom is -0.329 e. The summed E-state index contributed by atoms with van der Waals surface area (Å²) in [6, 6.07) is 2.02. The van der Waals surface area contributed by atoms with Gasteiger partial charge in [-0.1, -0.05) is 11.6 Å². The smallest absolute Gasteiger partial charge is 0.329 e.